The van der Waals surface area contributed by atoms with E-state index in [1.54, 1.807) is 17.0 Å². The van der Waals surface area contributed by atoms with Crippen LogP contribution in [0.4, 0.5) is 13.2 Å². The summed E-state index contributed by atoms with van der Waals surface area (Å²) in [6.45, 7) is 0.0767. The average molecular weight is 564 g/mol. The number of fused-ring (bicyclic) bond motifs is 1. The summed E-state index contributed by atoms with van der Waals surface area (Å²) in [6.07, 6.45) is 1.32. The normalized spacial score (nSPS) is 15.3. The SMILES string of the molecule is O=C(CS(=O)(=O)c1cc(Cl)c(Cl)s1)NC/C=C1\CCCc2cnn(-c3ccc(C(F)(F)F)cc3)c21. The van der Waals surface area contributed by atoms with Gasteiger partial charge in [0, 0.05) is 6.54 Å². The van der Waals surface area contributed by atoms with Crippen molar-refractivity contribution in [3.05, 3.63) is 68.8 Å². The molecule has 0 aliphatic heterocycles. The van der Waals surface area contributed by atoms with Gasteiger partial charge in [-0.05, 0) is 60.7 Å². The van der Waals surface area contributed by atoms with E-state index in [4.69, 9.17) is 23.2 Å². The zero-order chi connectivity index (χ0) is 25.4. The van der Waals surface area contributed by atoms with Gasteiger partial charge in [-0.25, -0.2) is 13.1 Å². The molecule has 35 heavy (non-hydrogen) atoms. The highest BCUT2D eigenvalue weighted by Crippen LogP contribution is 2.35. The van der Waals surface area contributed by atoms with Crippen LogP contribution in [0.15, 0.2) is 46.8 Å². The van der Waals surface area contributed by atoms with Crippen molar-refractivity contribution in [2.75, 3.05) is 12.3 Å². The number of sulfone groups is 1. The fourth-order valence-corrected chi connectivity index (χ4v) is 6.87. The highest BCUT2D eigenvalue weighted by atomic mass is 35.5. The molecule has 6 nitrogen and oxygen atoms in total. The van der Waals surface area contributed by atoms with E-state index in [2.05, 4.69) is 10.4 Å². The monoisotopic (exact) mass is 563 g/mol. The first-order chi connectivity index (χ1) is 16.5. The Labute approximate surface area is 213 Å². The molecule has 0 bridgehead atoms. The molecule has 0 radical (unpaired) electrons. The van der Waals surface area contributed by atoms with E-state index in [-0.39, 0.29) is 20.1 Å². The third kappa shape index (κ3) is 5.74. The van der Waals surface area contributed by atoms with E-state index in [0.717, 1.165) is 53.1 Å². The van der Waals surface area contributed by atoms with Gasteiger partial charge in [0.1, 0.15) is 14.3 Å². The number of amides is 1. The van der Waals surface area contributed by atoms with Crippen LogP contribution in [-0.4, -0.2) is 36.4 Å². The number of nitrogens with one attached hydrogen (secondary N) is 1. The van der Waals surface area contributed by atoms with Crippen LogP contribution < -0.4 is 5.32 Å². The maximum absolute atomic E-state index is 12.9. The number of carbonyl (C=O) groups is 1. The van der Waals surface area contributed by atoms with Crippen molar-refractivity contribution in [2.45, 2.75) is 29.6 Å². The highest BCUT2D eigenvalue weighted by molar-refractivity contribution is 7.94. The zero-order valence-electron chi connectivity index (χ0n) is 17.9. The molecule has 0 saturated carbocycles. The molecular formula is C22H18Cl2F3N3O3S2. The van der Waals surface area contributed by atoms with Gasteiger partial charge in [0.15, 0.2) is 9.84 Å². The van der Waals surface area contributed by atoms with Gasteiger partial charge >= 0.3 is 6.18 Å². The van der Waals surface area contributed by atoms with E-state index in [0.29, 0.717) is 12.1 Å². The Morgan fingerprint density at radius 2 is 1.91 bits per heavy atom. The molecule has 1 N–H and O–H groups in total. The quantitative estimate of drug-likeness (QED) is 0.425. The van der Waals surface area contributed by atoms with Crippen molar-refractivity contribution in [1.82, 2.24) is 15.1 Å². The molecule has 3 aromatic rings. The molecule has 1 amide bonds. The number of aryl methyl sites for hydroxylation is 1. The summed E-state index contributed by atoms with van der Waals surface area (Å²) >= 11 is 12.4. The number of nitrogens with zero attached hydrogens (tertiary/aromatic N) is 2. The lowest BCUT2D eigenvalue weighted by Crippen LogP contribution is -2.30. The Balaban J connectivity index is 1.48. The first kappa shape index (κ1) is 25.7. The van der Waals surface area contributed by atoms with E-state index >= 15 is 0 Å². The number of allylic oxidation sites excluding steroid dienone is 1. The Morgan fingerprint density at radius 1 is 1.20 bits per heavy atom. The number of carbonyl (C=O) groups excluding carboxylic acids is 1. The van der Waals surface area contributed by atoms with Crippen LogP contribution in [0.25, 0.3) is 11.3 Å². The lowest BCUT2D eigenvalue weighted by molar-refractivity contribution is -0.137. The minimum Gasteiger partial charge on any atom is -0.352 e. The molecule has 0 spiro atoms. The largest absolute Gasteiger partial charge is 0.416 e. The lowest BCUT2D eigenvalue weighted by atomic mass is 9.92. The van der Waals surface area contributed by atoms with E-state index < -0.39 is 33.2 Å². The molecule has 0 unspecified atom stereocenters. The number of rotatable bonds is 6. The Hall–Kier alpha value is -2.34. The molecule has 4 rings (SSSR count). The summed E-state index contributed by atoms with van der Waals surface area (Å²) in [7, 11) is -3.89. The van der Waals surface area contributed by atoms with Gasteiger partial charge in [-0.15, -0.1) is 11.3 Å². The maximum Gasteiger partial charge on any atom is 0.416 e. The highest BCUT2D eigenvalue weighted by Gasteiger charge is 2.30. The number of hydrogen-bond donors (Lipinski definition) is 1. The van der Waals surface area contributed by atoms with Crippen molar-refractivity contribution in [1.29, 1.82) is 0 Å². The molecule has 2 heterocycles. The van der Waals surface area contributed by atoms with Gasteiger partial charge in [0.25, 0.3) is 0 Å². The summed E-state index contributed by atoms with van der Waals surface area (Å²) in [5.74, 6) is -1.44. The Morgan fingerprint density at radius 3 is 2.54 bits per heavy atom. The van der Waals surface area contributed by atoms with E-state index in [1.165, 1.54) is 18.2 Å². The third-order valence-corrected chi connectivity index (χ3v) is 9.42. The van der Waals surface area contributed by atoms with E-state index in [1.807, 2.05) is 0 Å². The third-order valence-electron chi connectivity index (χ3n) is 5.38. The maximum atomic E-state index is 12.9. The Bertz CT molecular complexity index is 1380. The number of benzene rings is 1. The first-order valence-electron chi connectivity index (χ1n) is 10.3. The molecular weight excluding hydrogens is 546 g/mol. The van der Waals surface area contributed by atoms with Crippen molar-refractivity contribution in [3.63, 3.8) is 0 Å². The van der Waals surface area contributed by atoms with Gasteiger partial charge < -0.3 is 5.32 Å². The van der Waals surface area contributed by atoms with Crippen LogP contribution in [0.3, 0.4) is 0 Å². The molecule has 1 aliphatic carbocycles. The molecule has 0 fully saturated rings. The summed E-state index contributed by atoms with van der Waals surface area (Å²) in [4.78, 5) is 12.3. The number of alkyl halides is 3. The van der Waals surface area contributed by atoms with Crippen LogP contribution in [-0.2, 0) is 27.2 Å². The molecule has 1 aromatic carbocycles. The second kappa shape index (κ2) is 9.96. The molecule has 1 aliphatic rings. The number of aromatic nitrogens is 2. The summed E-state index contributed by atoms with van der Waals surface area (Å²) in [5, 5.41) is 7.03. The Kier molecular flexibility index (Phi) is 7.33. The van der Waals surface area contributed by atoms with Crippen molar-refractivity contribution in [3.8, 4) is 5.69 Å². The average Bonchev–Trinajstić information content (AvgIpc) is 3.37. The van der Waals surface area contributed by atoms with Crippen molar-refractivity contribution >= 4 is 55.9 Å². The van der Waals surface area contributed by atoms with Crippen LogP contribution in [0.2, 0.25) is 9.36 Å². The van der Waals surface area contributed by atoms with Crippen molar-refractivity contribution in [2.24, 2.45) is 0 Å². The zero-order valence-corrected chi connectivity index (χ0v) is 21.0. The minimum absolute atomic E-state index is 0.0767. The number of hydrogen-bond acceptors (Lipinski definition) is 5. The molecule has 13 heteroatoms. The van der Waals surface area contributed by atoms with Gasteiger partial charge in [0.2, 0.25) is 5.91 Å². The molecule has 0 saturated heterocycles. The fourth-order valence-electron chi connectivity index (χ4n) is 3.74. The molecule has 186 valence electrons. The smallest absolute Gasteiger partial charge is 0.352 e. The topological polar surface area (TPSA) is 81.1 Å². The van der Waals surface area contributed by atoms with Crippen molar-refractivity contribution < 1.29 is 26.4 Å². The summed E-state index contributed by atoms with van der Waals surface area (Å²) in [5.41, 5.74) is 2.31. The lowest BCUT2D eigenvalue weighted by Gasteiger charge is -2.18. The predicted octanol–water partition coefficient (Wildman–Crippen LogP) is 5.57. The molecule has 2 aromatic heterocycles. The van der Waals surface area contributed by atoms with Crippen LogP contribution >= 0.6 is 34.5 Å². The minimum atomic E-state index is -4.43. The molecule has 0 atom stereocenters. The number of thiophene rings is 1. The van der Waals surface area contributed by atoms with Crippen LogP contribution in [0.5, 0.6) is 0 Å². The van der Waals surface area contributed by atoms with Gasteiger partial charge in [-0.3, -0.25) is 4.79 Å². The summed E-state index contributed by atoms with van der Waals surface area (Å²) < 4.78 is 65.2. The van der Waals surface area contributed by atoms with E-state index in [9.17, 15) is 26.4 Å². The van der Waals surface area contributed by atoms with Gasteiger partial charge in [0.05, 0.1) is 28.2 Å². The second-order valence-electron chi connectivity index (χ2n) is 7.81. The second-order valence-corrected chi connectivity index (χ2v) is 12.1. The van der Waals surface area contributed by atoms with Crippen LogP contribution in [0, 0.1) is 0 Å². The summed E-state index contributed by atoms with van der Waals surface area (Å²) in [6, 6.07) is 5.94. The van der Waals surface area contributed by atoms with Gasteiger partial charge in [-0.1, -0.05) is 29.3 Å². The standard InChI is InChI=1S/C22H18Cl2F3N3O3S2/c23-17-10-19(34-21(17)24)35(32,33)12-18(31)28-9-8-13-2-1-3-14-11-29-30(20(13)14)16-6-4-15(5-7-16)22(25,26)27/h4-8,10-11H,1-3,9,12H2,(H,28,31)/b13-8+. The first-order valence-corrected chi connectivity index (χ1v) is 13.6. The van der Waals surface area contributed by atoms with Crippen LogP contribution in [0.1, 0.15) is 29.7 Å². The number of halogens is 5. The fraction of sp³-hybridized carbons (Fsp3) is 0.273. The van der Waals surface area contributed by atoms with Gasteiger partial charge in [-0.2, -0.15) is 18.3 Å². The predicted molar refractivity (Wildman–Crippen MR) is 129 cm³/mol.